The normalized spacial score (nSPS) is 15.4. The van der Waals surface area contributed by atoms with Crippen LogP contribution >= 0.6 is 0 Å². The van der Waals surface area contributed by atoms with E-state index in [1.807, 2.05) is 18.9 Å². The van der Waals surface area contributed by atoms with Gasteiger partial charge >= 0.3 is 0 Å². The summed E-state index contributed by atoms with van der Waals surface area (Å²) in [7, 11) is 3.40. The molecule has 0 aromatic carbocycles. The molecule has 3 rings (SSSR count). The fourth-order valence-electron chi connectivity index (χ4n) is 2.97. The topological polar surface area (TPSA) is 85.2 Å². The summed E-state index contributed by atoms with van der Waals surface area (Å²) in [6, 6.07) is 0.245. The average molecular weight is 330 g/mol. The van der Waals surface area contributed by atoms with Crippen molar-refractivity contribution >= 4 is 11.7 Å². The molecule has 1 aliphatic rings. The molecule has 128 valence electrons. The first kappa shape index (κ1) is 16.2. The Hall–Kier alpha value is -2.64. The van der Waals surface area contributed by atoms with Gasteiger partial charge in [0, 0.05) is 44.8 Å². The maximum absolute atomic E-state index is 12.6. The molecule has 0 atom stereocenters. The number of nitrogens with one attached hydrogen (secondary N) is 1. The Bertz CT molecular complexity index is 721. The number of hydrogen-bond donors (Lipinski definition) is 1. The van der Waals surface area contributed by atoms with Gasteiger partial charge in [-0.2, -0.15) is 5.10 Å². The van der Waals surface area contributed by atoms with Crippen LogP contribution in [0, 0.1) is 6.92 Å². The summed E-state index contributed by atoms with van der Waals surface area (Å²) < 4.78 is 6.89. The second-order valence-corrected chi connectivity index (χ2v) is 5.93. The van der Waals surface area contributed by atoms with Crippen LogP contribution in [0.15, 0.2) is 18.6 Å². The Labute approximate surface area is 140 Å². The molecule has 1 N–H and O–H groups in total. The van der Waals surface area contributed by atoms with Crippen LogP contribution in [-0.4, -0.2) is 56.8 Å². The standard InChI is InChI=1S/C16H22N6O2/c1-11-13(10-21(2)20-11)16(23)22-8-4-12(5-9-22)19-14-15(24-3)18-7-6-17-14/h6-7,10,12H,4-5,8-9H2,1-3H3,(H,17,19). The molecule has 2 aromatic rings. The summed E-state index contributed by atoms with van der Waals surface area (Å²) in [6.07, 6.45) is 6.72. The molecule has 3 heterocycles. The highest BCUT2D eigenvalue weighted by Gasteiger charge is 2.26. The van der Waals surface area contributed by atoms with Crippen molar-refractivity contribution in [1.29, 1.82) is 0 Å². The van der Waals surface area contributed by atoms with Crippen LogP contribution in [0.5, 0.6) is 5.88 Å². The number of aromatic nitrogens is 4. The number of hydrogen-bond acceptors (Lipinski definition) is 6. The summed E-state index contributed by atoms with van der Waals surface area (Å²) in [6.45, 7) is 3.27. The van der Waals surface area contributed by atoms with Gasteiger partial charge in [-0.3, -0.25) is 9.48 Å². The molecular weight excluding hydrogens is 308 g/mol. The minimum absolute atomic E-state index is 0.0520. The third-order valence-electron chi connectivity index (χ3n) is 4.22. The molecule has 2 aromatic heterocycles. The van der Waals surface area contributed by atoms with Crippen LogP contribution < -0.4 is 10.1 Å². The third kappa shape index (κ3) is 3.32. The van der Waals surface area contributed by atoms with E-state index in [4.69, 9.17) is 4.74 Å². The fourth-order valence-corrected chi connectivity index (χ4v) is 2.97. The smallest absolute Gasteiger partial charge is 0.257 e. The highest BCUT2D eigenvalue weighted by atomic mass is 16.5. The second kappa shape index (κ2) is 6.86. The van der Waals surface area contributed by atoms with Crippen molar-refractivity contribution in [3.8, 4) is 5.88 Å². The van der Waals surface area contributed by atoms with Gasteiger partial charge in [0.15, 0.2) is 5.82 Å². The zero-order valence-corrected chi connectivity index (χ0v) is 14.2. The van der Waals surface area contributed by atoms with Crippen LogP contribution in [0.2, 0.25) is 0 Å². The Morgan fingerprint density at radius 3 is 2.62 bits per heavy atom. The number of nitrogens with zero attached hydrogens (tertiary/aromatic N) is 5. The van der Waals surface area contributed by atoms with Gasteiger partial charge < -0.3 is 15.0 Å². The lowest BCUT2D eigenvalue weighted by atomic mass is 10.0. The van der Waals surface area contributed by atoms with Crippen LogP contribution in [0.25, 0.3) is 0 Å². The SMILES string of the molecule is COc1nccnc1NC1CCN(C(=O)c2cn(C)nc2C)CC1. The van der Waals surface area contributed by atoms with Gasteiger partial charge in [0.1, 0.15) is 0 Å². The number of rotatable bonds is 4. The van der Waals surface area contributed by atoms with E-state index in [1.165, 1.54) is 0 Å². The monoisotopic (exact) mass is 330 g/mol. The van der Waals surface area contributed by atoms with Crippen LogP contribution in [-0.2, 0) is 7.05 Å². The van der Waals surface area contributed by atoms with Crippen LogP contribution in [0.1, 0.15) is 28.9 Å². The molecule has 1 amide bonds. The maximum atomic E-state index is 12.6. The number of carbonyl (C=O) groups excluding carboxylic acids is 1. The predicted octanol–water partition coefficient (Wildman–Crippen LogP) is 1.24. The third-order valence-corrected chi connectivity index (χ3v) is 4.22. The molecule has 0 bridgehead atoms. The number of anilines is 1. The number of likely N-dealkylation sites (tertiary alicyclic amines) is 1. The van der Waals surface area contributed by atoms with Crippen molar-refractivity contribution in [3.63, 3.8) is 0 Å². The van der Waals surface area contributed by atoms with Crippen molar-refractivity contribution in [2.45, 2.75) is 25.8 Å². The molecular formula is C16H22N6O2. The first-order valence-corrected chi connectivity index (χ1v) is 7.99. The molecule has 8 nitrogen and oxygen atoms in total. The summed E-state index contributed by atoms with van der Waals surface area (Å²) in [5, 5.41) is 7.61. The maximum Gasteiger partial charge on any atom is 0.257 e. The van der Waals surface area contributed by atoms with Gasteiger partial charge in [0.05, 0.1) is 18.4 Å². The van der Waals surface area contributed by atoms with E-state index in [1.54, 1.807) is 30.4 Å². The Balaban J connectivity index is 1.59. The Morgan fingerprint density at radius 1 is 1.29 bits per heavy atom. The van der Waals surface area contributed by atoms with Crippen molar-refractivity contribution in [2.75, 3.05) is 25.5 Å². The summed E-state index contributed by atoms with van der Waals surface area (Å²) >= 11 is 0. The molecule has 8 heteroatoms. The van der Waals surface area contributed by atoms with E-state index >= 15 is 0 Å². The van der Waals surface area contributed by atoms with Crippen molar-refractivity contribution in [2.24, 2.45) is 7.05 Å². The quantitative estimate of drug-likeness (QED) is 0.908. The number of methoxy groups -OCH3 is 1. The first-order valence-electron chi connectivity index (χ1n) is 7.99. The van der Waals surface area contributed by atoms with Crippen LogP contribution in [0.4, 0.5) is 5.82 Å². The number of piperidine rings is 1. The van der Waals surface area contributed by atoms with Gasteiger partial charge in [-0.1, -0.05) is 0 Å². The van der Waals surface area contributed by atoms with Gasteiger partial charge in [-0.25, -0.2) is 9.97 Å². The van der Waals surface area contributed by atoms with E-state index in [0.717, 1.165) is 18.5 Å². The first-order chi connectivity index (χ1) is 11.6. The van der Waals surface area contributed by atoms with E-state index in [0.29, 0.717) is 30.4 Å². The molecule has 1 saturated heterocycles. The van der Waals surface area contributed by atoms with E-state index < -0.39 is 0 Å². The minimum atomic E-state index is 0.0520. The lowest BCUT2D eigenvalue weighted by Crippen LogP contribution is -2.42. The predicted molar refractivity (Wildman–Crippen MR) is 89.1 cm³/mol. The van der Waals surface area contributed by atoms with Gasteiger partial charge in [0.2, 0.25) is 0 Å². The second-order valence-electron chi connectivity index (χ2n) is 5.93. The highest BCUT2D eigenvalue weighted by Crippen LogP contribution is 2.22. The fraction of sp³-hybridized carbons (Fsp3) is 0.500. The van der Waals surface area contributed by atoms with Gasteiger partial charge in [-0.15, -0.1) is 0 Å². The minimum Gasteiger partial charge on any atom is -0.478 e. The van der Waals surface area contributed by atoms with Crippen molar-refractivity contribution < 1.29 is 9.53 Å². The Kier molecular flexibility index (Phi) is 4.64. The largest absolute Gasteiger partial charge is 0.478 e. The molecule has 0 unspecified atom stereocenters. The molecule has 0 radical (unpaired) electrons. The molecule has 1 fully saturated rings. The average Bonchev–Trinajstić information content (AvgIpc) is 2.94. The lowest BCUT2D eigenvalue weighted by molar-refractivity contribution is 0.0717. The zero-order chi connectivity index (χ0) is 17.1. The number of ether oxygens (including phenoxy) is 1. The van der Waals surface area contributed by atoms with Crippen molar-refractivity contribution in [1.82, 2.24) is 24.6 Å². The van der Waals surface area contributed by atoms with Crippen LogP contribution in [0.3, 0.4) is 0 Å². The Morgan fingerprint density at radius 2 is 2.00 bits per heavy atom. The summed E-state index contributed by atoms with van der Waals surface area (Å²) in [4.78, 5) is 22.9. The summed E-state index contributed by atoms with van der Waals surface area (Å²) in [5.41, 5.74) is 1.45. The molecule has 0 saturated carbocycles. The lowest BCUT2D eigenvalue weighted by Gasteiger charge is -2.32. The number of amides is 1. The number of aryl methyl sites for hydroxylation is 2. The zero-order valence-electron chi connectivity index (χ0n) is 14.2. The number of carbonyl (C=O) groups is 1. The van der Waals surface area contributed by atoms with Gasteiger partial charge in [0.25, 0.3) is 11.8 Å². The van der Waals surface area contributed by atoms with Gasteiger partial charge in [-0.05, 0) is 19.8 Å². The summed E-state index contributed by atoms with van der Waals surface area (Å²) in [5.74, 6) is 1.19. The molecule has 0 spiro atoms. The van der Waals surface area contributed by atoms with E-state index in [2.05, 4.69) is 20.4 Å². The molecule has 24 heavy (non-hydrogen) atoms. The molecule has 0 aliphatic carbocycles. The van der Waals surface area contributed by atoms with Crippen molar-refractivity contribution in [3.05, 3.63) is 29.8 Å². The highest BCUT2D eigenvalue weighted by molar-refractivity contribution is 5.95. The molecule has 1 aliphatic heterocycles. The van der Waals surface area contributed by atoms with E-state index in [-0.39, 0.29) is 11.9 Å². The van der Waals surface area contributed by atoms with E-state index in [9.17, 15) is 4.79 Å².